The van der Waals surface area contributed by atoms with Crippen LogP contribution in [0.25, 0.3) is 0 Å². The molecule has 0 aliphatic heterocycles. The van der Waals surface area contributed by atoms with Gasteiger partial charge in [-0.2, -0.15) is 0 Å². The van der Waals surface area contributed by atoms with Gasteiger partial charge in [-0.05, 0) is 12.6 Å². The van der Waals surface area contributed by atoms with Crippen molar-refractivity contribution in [3.8, 4) is 0 Å². The summed E-state index contributed by atoms with van der Waals surface area (Å²) in [7, 11) is 6.09. The fourth-order valence-electron chi connectivity index (χ4n) is 2.18. The monoisotopic (exact) mass is 392 g/mol. The summed E-state index contributed by atoms with van der Waals surface area (Å²) in [6.07, 6.45) is 0. The van der Waals surface area contributed by atoms with Crippen molar-refractivity contribution in [2.75, 3.05) is 54.4 Å². The maximum Gasteiger partial charge on any atom is 0.325 e. The molecule has 0 atom stereocenters. The van der Waals surface area contributed by atoms with Gasteiger partial charge in [0.1, 0.15) is 13.2 Å². The van der Waals surface area contributed by atoms with Crippen LogP contribution in [0.15, 0.2) is 30.3 Å². The average Bonchev–Trinajstić information content (AvgIpc) is 2.67. The fraction of sp³-hybridized carbons (Fsp3) is 0.474. The number of nitrogens with one attached hydrogen (secondary N) is 1. The number of rotatable bonds is 10. The topological polar surface area (TPSA) is 99.3 Å². The highest BCUT2D eigenvalue weighted by Crippen LogP contribution is 2.01. The van der Waals surface area contributed by atoms with Crippen LogP contribution < -0.4 is 5.32 Å². The van der Waals surface area contributed by atoms with Gasteiger partial charge in [0.05, 0.1) is 19.6 Å². The van der Waals surface area contributed by atoms with Gasteiger partial charge < -0.3 is 24.8 Å². The van der Waals surface area contributed by atoms with E-state index in [4.69, 9.17) is 4.74 Å². The molecule has 0 saturated heterocycles. The summed E-state index contributed by atoms with van der Waals surface area (Å²) in [5.41, 5.74) is 0.854. The summed E-state index contributed by atoms with van der Waals surface area (Å²) in [6.45, 7) is -0.288. The molecule has 0 spiro atoms. The summed E-state index contributed by atoms with van der Waals surface area (Å²) in [5, 5.41) is 2.72. The Morgan fingerprint density at radius 3 is 1.86 bits per heavy atom. The molecule has 0 radical (unpaired) electrons. The quantitative estimate of drug-likeness (QED) is 0.530. The van der Waals surface area contributed by atoms with Crippen LogP contribution in [0.1, 0.15) is 5.56 Å². The van der Waals surface area contributed by atoms with Crippen LogP contribution in [-0.2, 0) is 30.5 Å². The molecule has 0 aliphatic carbocycles. The van der Waals surface area contributed by atoms with Crippen molar-refractivity contribution in [3.05, 3.63) is 35.9 Å². The lowest BCUT2D eigenvalue weighted by atomic mass is 10.2. The molecule has 28 heavy (non-hydrogen) atoms. The minimum atomic E-state index is -0.536. The third-order valence-corrected chi connectivity index (χ3v) is 3.96. The molecular formula is C19H28N4O5. The van der Waals surface area contributed by atoms with Crippen LogP contribution in [0.4, 0.5) is 0 Å². The molecule has 0 aliphatic rings. The molecule has 0 fully saturated rings. The van der Waals surface area contributed by atoms with E-state index in [0.717, 1.165) is 5.56 Å². The minimum Gasteiger partial charge on any atom is -0.459 e. The standard InChI is InChI=1S/C19H28N4O5/c1-20-10-16(24)21(2)11-17(25)22(3)12-18(26)23(4)13-19(27)28-14-15-8-6-5-7-9-15/h5-9,20H,10-14H2,1-4H3. The van der Waals surface area contributed by atoms with Gasteiger partial charge in [0.2, 0.25) is 17.7 Å². The first-order valence-corrected chi connectivity index (χ1v) is 8.80. The van der Waals surface area contributed by atoms with E-state index < -0.39 is 11.9 Å². The maximum atomic E-state index is 12.2. The number of hydrogen-bond acceptors (Lipinski definition) is 6. The molecule has 1 N–H and O–H groups in total. The first kappa shape index (κ1) is 23.1. The van der Waals surface area contributed by atoms with Gasteiger partial charge in [-0.25, -0.2) is 0 Å². The average molecular weight is 392 g/mol. The van der Waals surface area contributed by atoms with E-state index in [9.17, 15) is 19.2 Å². The molecule has 1 aromatic carbocycles. The molecule has 0 unspecified atom stereocenters. The lowest BCUT2D eigenvalue weighted by molar-refractivity contribution is -0.150. The van der Waals surface area contributed by atoms with Crippen LogP contribution >= 0.6 is 0 Å². The second-order valence-corrected chi connectivity index (χ2v) is 6.43. The molecule has 0 saturated carbocycles. The van der Waals surface area contributed by atoms with Crippen LogP contribution in [0.5, 0.6) is 0 Å². The van der Waals surface area contributed by atoms with E-state index >= 15 is 0 Å². The minimum absolute atomic E-state index is 0.125. The van der Waals surface area contributed by atoms with Gasteiger partial charge in [-0.1, -0.05) is 30.3 Å². The Kier molecular flexibility index (Phi) is 9.66. The largest absolute Gasteiger partial charge is 0.459 e. The lowest BCUT2D eigenvalue weighted by Crippen LogP contribution is -2.46. The van der Waals surface area contributed by atoms with Crippen LogP contribution in [0, 0.1) is 0 Å². The van der Waals surface area contributed by atoms with Crippen LogP contribution in [0.2, 0.25) is 0 Å². The smallest absolute Gasteiger partial charge is 0.325 e. The van der Waals surface area contributed by atoms with E-state index in [1.165, 1.54) is 35.8 Å². The third-order valence-electron chi connectivity index (χ3n) is 3.96. The van der Waals surface area contributed by atoms with Crippen molar-refractivity contribution in [2.24, 2.45) is 0 Å². The second-order valence-electron chi connectivity index (χ2n) is 6.43. The van der Waals surface area contributed by atoms with Crippen LogP contribution in [-0.4, -0.2) is 92.8 Å². The summed E-state index contributed by atoms with van der Waals surface area (Å²) in [4.78, 5) is 51.6. The highest BCUT2D eigenvalue weighted by molar-refractivity contribution is 5.89. The summed E-state index contributed by atoms with van der Waals surface area (Å²) >= 11 is 0. The molecule has 0 aromatic heterocycles. The number of benzene rings is 1. The number of amides is 3. The number of ether oxygens (including phenoxy) is 1. The summed E-state index contributed by atoms with van der Waals surface area (Å²) < 4.78 is 5.14. The van der Waals surface area contributed by atoms with Crippen molar-refractivity contribution in [1.82, 2.24) is 20.0 Å². The van der Waals surface area contributed by atoms with E-state index in [1.54, 1.807) is 7.05 Å². The van der Waals surface area contributed by atoms with Gasteiger partial charge in [-0.3, -0.25) is 19.2 Å². The molecular weight excluding hydrogens is 364 g/mol. The van der Waals surface area contributed by atoms with Crippen molar-refractivity contribution in [1.29, 1.82) is 0 Å². The first-order chi connectivity index (χ1) is 13.2. The molecule has 9 nitrogen and oxygen atoms in total. The van der Waals surface area contributed by atoms with Gasteiger partial charge in [0.25, 0.3) is 0 Å². The van der Waals surface area contributed by atoms with Crippen molar-refractivity contribution in [3.63, 3.8) is 0 Å². The first-order valence-electron chi connectivity index (χ1n) is 8.80. The number of carbonyl (C=O) groups excluding carboxylic acids is 4. The van der Waals surface area contributed by atoms with Gasteiger partial charge >= 0.3 is 5.97 Å². The normalized spacial score (nSPS) is 10.1. The van der Waals surface area contributed by atoms with Gasteiger partial charge in [0.15, 0.2) is 0 Å². The Hall–Kier alpha value is -2.94. The Labute approximate surface area is 165 Å². The van der Waals surface area contributed by atoms with Crippen molar-refractivity contribution < 1.29 is 23.9 Å². The maximum absolute atomic E-state index is 12.2. The van der Waals surface area contributed by atoms with E-state index in [0.29, 0.717) is 0 Å². The highest BCUT2D eigenvalue weighted by Gasteiger charge is 2.20. The zero-order valence-electron chi connectivity index (χ0n) is 16.8. The molecule has 0 bridgehead atoms. The zero-order chi connectivity index (χ0) is 21.1. The highest BCUT2D eigenvalue weighted by atomic mass is 16.5. The third kappa shape index (κ3) is 8.17. The number of carbonyl (C=O) groups is 4. The number of likely N-dealkylation sites (N-methyl/N-ethyl adjacent to an activating group) is 4. The van der Waals surface area contributed by atoms with Crippen molar-refractivity contribution >= 4 is 23.7 Å². The lowest BCUT2D eigenvalue weighted by Gasteiger charge is -2.24. The molecule has 1 aromatic rings. The van der Waals surface area contributed by atoms with E-state index in [2.05, 4.69) is 5.32 Å². The Bertz CT molecular complexity index is 680. The molecule has 0 heterocycles. The Morgan fingerprint density at radius 2 is 1.32 bits per heavy atom. The predicted molar refractivity (Wildman–Crippen MR) is 103 cm³/mol. The van der Waals surface area contributed by atoms with E-state index in [1.807, 2.05) is 30.3 Å². The van der Waals surface area contributed by atoms with E-state index in [-0.39, 0.29) is 44.6 Å². The summed E-state index contributed by atoms with van der Waals surface area (Å²) in [5.74, 6) is -1.54. The second kappa shape index (κ2) is 11.7. The molecule has 9 heteroatoms. The number of nitrogens with zero attached hydrogens (tertiary/aromatic N) is 3. The SMILES string of the molecule is CNCC(=O)N(C)CC(=O)N(C)CC(=O)N(C)CC(=O)OCc1ccccc1. The molecule has 1 rings (SSSR count). The number of hydrogen-bond donors (Lipinski definition) is 1. The Morgan fingerprint density at radius 1 is 0.821 bits per heavy atom. The van der Waals surface area contributed by atoms with Crippen molar-refractivity contribution in [2.45, 2.75) is 6.61 Å². The van der Waals surface area contributed by atoms with Gasteiger partial charge in [0, 0.05) is 21.1 Å². The Balaban J connectivity index is 2.40. The fourth-order valence-corrected chi connectivity index (χ4v) is 2.18. The number of esters is 1. The summed E-state index contributed by atoms with van der Waals surface area (Å²) in [6, 6.07) is 9.22. The van der Waals surface area contributed by atoms with Crippen LogP contribution in [0.3, 0.4) is 0 Å². The molecule has 3 amide bonds. The molecule has 154 valence electrons. The zero-order valence-corrected chi connectivity index (χ0v) is 16.8. The predicted octanol–water partition coefficient (Wildman–Crippen LogP) is -0.676. The van der Waals surface area contributed by atoms with Gasteiger partial charge in [-0.15, -0.1) is 0 Å².